The summed E-state index contributed by atoms with van der Waals surface area (Å²) < 4.78 is 5.46. The predicted octanol–water partition coefficient (Wildman–Crippen LogP) is 1.63. The van der Waals surface area contributed by atoms with E-state index in [2.05, 4.69) is 23.8 Å². The fraction of sp³-hybridized carbons (Fsp3) is 0.933. The van der Waals surface area contributed by atoms with Gasteiger partial charge in [0.05, 0.1) is 0 Å². The molecule has 0 radical (unpaired) electrons. The number of hydrogen-bond acceptors (Lipinski definition) is 4. The minimum Gasteiger partial charge on any atom is -0.444 e. The minimum absolute atomic E-state index is 0.165. The van der Waals surface area contributed by atoms with Gasteiger partial charge in [0, 0.05) is 44.8 Å². The Morgan fingerprint density at radius 2 is 1.85 bits per heavy atom. The summed E-state index contributed by atoms with van der Waals surface area (Å²) in [5, 5.41) is 0. The molecule has 1 amide bonds. The van der Waals surface area contributed by atoms with E-state index in [-0.39, 0.29) is 6.09 Å². The van der Waals surface area contributed by atoms with Crippen LogP contribution in [0.1, 0.15) is 34.1 Å². The average molecular weight is 283 g/mol. The normalized spacial score (nSPS) is 29.8. The second-order valence-electron chi connectivity index (χ2n) is 7.22. The van der Waals surface area contributed by atoms with E-state index in [4.69, 9.17) is 4.74 Å². The Morgan fingerprint density at radius 1 is 1.15 bits per heavy atom. The van der Waals surface area contributed by atoms with Crippen molar-refractivity contribution in [1.82, 2.24) is 14.7 Å². The van der Waals surface area contributed by atoms with E-state index in [1.54, 1.807) is 0 Å². The number of piperazine rings is 1. The summed E-state index contributed by atoms with van der Waals surface area (Å²) in [6.07, 6.45) is 0.898. The molecule has 0 aromatic heterocycles. The monoisotopic (exact) mass is 283 g/mol. The fourth-order valence-corrected chi connectivity index (χ4v) is 3.20. The van der Waals surface area contributed by atoms with Gasteiger partial charge >= 0.3 is 6.09 Å². The standard InChI is InChI=1S/C15H29N3O2/c1-12-10-16(5)8-9-18(12)13-6-7-17(11-13)14(19)20-15(2,3)4/h12-13H,6-11H2,1-5H3/t12-,13?/m1/s1. The highest BCUT2D eigenvalue weighted by molar-refractivity contribution is 5.68. The van der Waals surface area contributed by atoms with E-state index >= 15 is 0 Å². The Balaban J connectivity index is 1.87. The number of likely N-dealkylation sites (tertiary alicyclic amines) is 1. The van der Waals surface area contributed by atoms with Gasteiger partial charge in [-0.3, -0.25) is 4.90 Å². The summed E-state index contributed by atoms with van der Waals surface area (Å²) in [6.45, 7) is 13.0. The van der Waals surface area contributed by atoms with Crippen LogP contribution in [-0.4, -0.2) is 78.2 Å². The van der Waals surface area contributed by atoms with Crippen LogP contribution in [-0.2, 0) is 4.74 Å². The zero-order valence-electron chi connectivity index (χ0n) is 13.6. The van der Waals surface area contributed by atoms with Crippen LogP contribution in [0, 0.1) is 0 Å². The SMILES string of the molecule is C[C@@H]1CN(C)CCN1C1CCN(C(=O)OC(C)(C)C)C1. The fourth-order valence-electron chi connectivity index (χ4n) is 3.20. The molecular weight excluding hydrogens is 254 g/mol. The van der Waals surface area contributed by atoms with Crippen molar-refractivity contribution in [3.05, 3.63) is 0 Å². The van der Waals surface area contributed by atoms with Crippen LogP contribution in [0.4, 0.5) is 4.79 Å². The molecule has 0 aliphatic carbocycles. The van der Waals surface area contributed by atoms with Crippen molar-refractivity contribution in [2.45, 2.75) is 51.8 Å². The van der Waals surface area contributed by atoms with Crippen molar-refractivity contribution in [2.24, 2.45) is 0 Å². The van der Waals surface area contributed by atoms with Gasteiger partial charge < -0.3 is 14.5 Å². The van der Waals surface area contributed by atoms with Crippen LogP contribution < -0.4 is 0 Å². The molecule has 0 spiro atoms. The Hall–Kier alpha value is -0.810. The molecule has 0 aromatic rings. The molecule has 2 saturated heterocycles. The van der Waals surface area contributed by atoms with Crippen LogP contribution in [0.2, 0.25) is 0 Å². The third-order valence-corrected chi connectivity index (χ3v) is 4.17. The van der Waals surface area contributed by atoms with Gasteiger partial charge in [-0.2, -0.15) is 0 Å². The number of carbonyl (C=O) groups is 1. The zero-order valence-corrected chi connectivity index (χ0v) is 13.6. The highest BCUT2D eigenvalue weighted by atomic mass is 16.6. The van der Waals surface area contributed by atoms with Crippen molar-refractivity contribution in [1.29, 1.82) is 0 Å². The van der Waals surface area contributed by atoms with Crippen molar-refractivity contribution < 1.29 is 9.53 Å². The molecule has 0 N–H and O–H groups in total. The predicted molar refractivity (Wildman–Crippen MR) is 79.9 cm³/mol. The van der Waals surface area contributed by atoms with Crippen LogP contribution in [0.3, 0.4) is 0 Å². The van der Waals surface area contributed by atoms with Gasteiger partial charge in [-0.25, -0.2) is 4.79 Å². The molecule has 0 bridgehead atoms. The van der Waals surface area contributed by atoms with Crippen LogP contribution in [0.25, 0.3) is 0 Å². The van der Waals surface area contributed by atoms with Crippen molar-refractivity contribution >= 4 is 6.09 Å². The van der Waals surface area contributed by atoms with E-state index in [9.17, 15) is 4.79 Å². The van der Waals surface area contributed by atoms with E-state index in [1.165, 1.54) is 0 Å². The highest BCUT2D eigenvalue weighted by Gasteiger charge is 2.35. The highest BCUT2D eigenvalue weighted by Crippen LogP contribution is 2.22. The smallest absolute Gasteiger partial charge is 0.410 e. The largest absolute Gasteiger partial charge is 0.444 e. The molecule has 2 aliphatic heterocycles. The van der Waals surface area contributed by atoms with Crippen LogP contribution >= 0.6 is 0 Å². The summed E-state index contributed by atoms with van der Waals surface area (Å²) in [5.74, 6) is 0. The first kappa shape index (κ1) is 15.6. The first-order chi connectivity index (χ1) is 9.26. The molecule has 2 atom stereocenters. The summed E-state index contributed by atoms with van der Waals surface area (Å²) >= 11 is 0. The lowest BCUT2D eigenvalue weighted by atomic mass is 10.1. The van der Waals surface area contributed by atoms with Gasteiger partial charge in [0.1, 0.15) is 5.60 Å². The summed E-state index contributed by atoms with van der Waals surface area (Å²) in [4.78, 5) is 18.9. The molecule has 2 heterocycles. The summed E-state index contributed by atoms with van der Waals surface area (Å²) in [5.41, 5.74) is -0.406. The molecule has 0 saturated carbocycles. The number of carbonyl (C=O) groups excluding carboxylic acids is 1. The molecule has 116 valence electrons. The number of ether oxygens (including phenoxy) is 1. The maximum atomic E-state index is 12.1. The zero-order chi connectivity index (χ0) is 14.9. The lowest BCUT2D eigenvalue weighted by Crippen LogP contribution is -2.55. The molecule has 2 rings (SSSR count). The van der Waals surface area contributed by atoms with Gasteiger partial charge in [0.2, 0.25) is 0 Å². The third-order valence-electron chi connectivity index (χ3n) is 4.17. The molecule has 2 aliphatic rings. The number of nitrogens with zero attached hydrogens (tertiary/aromatic N) is 3. The van der Waals surface area contributed by atoms with Crippen molar-refractivity contribution in [2.75, 3.05) is 39.8 Å². The molecule has 5 nitrogen and oxygen atoms in total. The lowest BCUT2D eigenvalue weighted by molar-refractivity contribution is 0.0247. The van der Waals surface area contributed by atoms with Gasteiger partial charge in [-0.15, -0.1) is 0 Å². The summed E-state index contributed by atoms with van der Waals surface area (Å²) in [6, 6.07) is 1.06. The van der Waals surface area contributed by atoms with Gasteiger partial charge in [0.15, 0.2) is 0 Å². The van der Waals surface area contributed by atoms with Crippen LogP contribution in [0.15, 0.2) is 0 Å². The first-order valence-electron chi connectivity index (χ1n) is 7.68. The van der Waals surface area contributed by atoms with Gasteiger partial charge in [-0.05, 0) is 41.2 Å². The number of hydrogen-bond donors (Lipinski definition) is 0. The first-order valence-corrected chi connectivity index (χ1v) is 7.68. The Labute approximate surface area is 122 Å². The number of rotatable bonds is 1. The minimum atomic E-state index is -0.406. The van der Waals surface area contributed by atoms with Gasteiger partial charge in [-0.1, -0.05) is 0 Å². The van der Waals surface area contributed by atoms with E-state index in [1.807, 2.05) is 25.7 Å². The molecule has 1 unspecified atom stereocenters. The summed E-state index contributed by atoms with van der Waals surface area (Å²) in [7, 11) is 2.18. The topological polar surface area (TPSA) is 36.0 Å². The number of amides is 1. The number of likely N-dealkylation sites (N-methyl/N-ethyl adjacent to an activating group) is 1. The average Bonchev–Trinajstić information content (AvgIpc) is 2.75. The van der Waals surface area contributed by atoms with E-state index in [0.29, 0.717) is 12.1 Å². The molecule has 0 aromatic carbocycles. The Kier molecular flexibility index (Phi) is 4.59. The van der Waals surface area contributed by atoms with Gasteiger partial charge in [0.25, 0.3) is 0 Å². The quantitative estimate of drug-likeness (QED) is 0.733. The Bertz CT molecular complexity index is 354. The molecule has 5 heteroatoms. The second kappa shape index (κ2) is 5.90. The van der Waals surface area contributed by atoms with Crippen molar-refractivity contribution in [3.63, 3.8) is 0 Å². The van der Waals surface area contributed by atoms with E-state index < -0.39 is 5.60 Å². The molecular formula is C15H29N3O2. The maximum Gasteiger partial charge on any atom is 0.410 e. The molecule has 20 heavy (non-hydrogen) atoms. The molecule has 2 fully saturated rings. The second-order valence-corrected chi connectivity index (χ2v) is 7.22. The third kappa shape index (κ3) is 3.85. The maximum absolute atomic E-state index is 12.1. The Morgan fingerprint density at radius 3 is 2.45 bits per heavy atom. The van der Waals surface area contributed by atoms with Crippen LogP contribution in [0.5, 0.6) is 0 Å². The lowest BCUT2D eigenvalue weighted by Gasteiger charge is -2.41. The van der Waals surface area contributed by atoms with E-state index in [0.717, 1.165) is 39.1 Å². The van der Waals surface area contributed by atoms with Crippen molar-refractivity contribution in [3.8, 4) is 0 Å².